The number of hydrogen-bond donors (Lipinski definition) is 1. The average molecular weight is 233 g/mol. The van der Waals surface area contributed by atoms with E-state index in [9.17, 15) is 5.11 Å². The average Bonchev–Trinajstić information content (AvgIpc) is 2.47. The van der Waals surface area contributed by atoms with Gasteiger partial charge in [-0.25, -0.2) is 0 Å². The van der Waals surface area contributed by atoms with E-state index in [-0.39, 0.29) is 12.6 Å². The highest BCUT2D eigenvalue weighted by atomic mass is 35.5. The third kappa shape index (κ3) is 2.51. The van der Waals surface area contributed by atoms with Crippen molar-refractivity contribution in [3.05, 3.63) is 16.9 Å². The van der Waals surface area contributed by atoms with E-state index < -0.39 is 5.60 Å². The van der Waals surface area contributed by atoms with Gasteiger partial charge in [0.2, 0.25) is 0 Å². The number of rotatable bonds is 4. The van der Waals surface area contributed by atoms with Gasteiger partial charge in [0.1, 0.15) is 5.60 Å². The van der Waals surface area contributed by atoms with Crippen molar-refractivity contribution in [2.45, 2.75) is 32.4 Å². The standard InChI is InChI=1S/C10H17ClN2O2/c1-7(2)13-9(8(11)5-12-13)10(3,14)6-15-4/h5,7,14H,6H2,1-4H3. The van der Waals surface area contributed by atoms with E-state index in [0.29, 0.717) is 10.7 Å². The number of nitrogens with zero attached hydrogens (tertiary/aromatic N) is 2. The van der Waals surface area contributed by atoms with Gasteiger partial charge in [-0.05, 0) is 20.8 Å². The molecule has 5 heteroatoms. The van der Waals surface area contributed by atoms with Crippen LogP contribution in [0.25, 0.3) is 0 Å². The molecule has 1 aromatic rings. The second-order valence-corrected chi connectivity index (χ2v) is 4.49. The number of aromatic nitrogens is 2. The maximum absolute atomic E-state index is 10.2. The van der Waals surface area contributed by atoms with Crippen molar-refractivity contribution in [1.29, 1.82) is 0 Å². The fraction of sp³-hybridized carbons (Fsp3) is 0.700. The van der Waals surface area contributed by atoms with E-state index in [4.69, 9.17) is 16.3 Å². The van der Waals surface area contributed by atoms with Crippen LogP contribution in [0.5, 0.6) is 0 Å². The molecular weight excluding hydrogens is 216 g/mol. The molecule has 0 aromatic carbocycles. The summed E-state index contributed by atoms with van der Waals surface area (Å²) < 4.78 is 6.68. The molecule has 0 amide bonds. The Morgan fingerprint density at radius 1 is 1.67 bits per heavy atom. The Labute approximate surface area is 94.8 Å². The van der Waals surface area contributed by atoms with E-state index in [1.54, 1.807) is 24.9 Å². The van der Waals surface area contributed by atoms with Gasteiger partial charge in [-0.3, -0.25) is 4.68 Å². The van der Waals surface area contributed by atoms with Crippen LogP contribution in [0.1, 0.15) is 32.5 Å². The first-order valence-corrected chi connectivity index (χ1v) is 5.22. The summed E-state index contributed by atoms with van der Waals surface area (Å²) in [5, 5.41) is 14.8. The van der Waals surface area contributed by atoms with Gasteiger partial charge in [-0.1, -0.05) is 11.6 Å². The van der Waals surface area contributed by atoms with Gasteiger partial charge in [-0.15, -0.1) is 0 Å². The third-order valence-corrected chi connectivity index (χ3v) is 2.45. The van der Waals surface area contributed by atoms with Crippen LogP contribution in [0.15, 0.2) is 6.20 Å². The lowest BCUT2D eigenvalue weighted by Crippen LogP contribution is -2.31. The lowest BCUT2D eigenvalue weighted by molar-refractivity contribution is -0.0277. The number of halogens is 1. The minimum absolute atomic E-state index is 0.149. The molecule has 0 spiro atoms. The van der Waals surface area contributed by atoms with Crippen LogP contribution in [-0.2, 0) is 10.3 Å². The molecule has 86 valence electrons. The highest BCUT2D eigenvalue weighted by Crippen LogP contribution is 2.29. The molecule has 1 heterocycles. The zero-order valence-corrected chi connectivity index (χ0v) is 10.2. The lowest BCUT2D eigenvalue weighted by Gasteiger charge is -2.25. The molecule has 1 N–H and O–H groups in total. The summed E-state index contributed by atoms with van der Waals surface area (Å²) in [5.74, 6) is 0. The summed E-state index contributed by atoms with van der Waals surface area (Å²) in [6, 6.07) is 0.149. The smallest absolute Gasteiger partial charge is 0.128 e. The number of methoxy groups -OCH3 is 1. The molecular formula is C10H17ClN2O2. The summed E-state index contributed by atoms with van der Waals surface area (Å²) in [7, 11) is 1.54. The van der Waals surface area contributed by atoms with Crippen molar-refractivity contribution in [3.63, 3.8) is 0 Å². The van der Waals surface area contributed by atoms with Gasteiger partial charge in [0, 0.05) is 13.2 Å². The molecule has 0 saturated heterocycles. The van der Waals surface area contributed by atoms with Crippen LogP contribution in [0, 0.1) is 0 Å². The highest BCUT2D eigenvalue weighted by Gasteiger charge is 2.31. The molecule has 4 nitrogen and oxygen atoms in total. The molecule has 1 atom stereocenters. The van der Waals surface area contributed by atoms with E-state index >= 15 is 0 Å². The summed E-state index contributed by atoms with van der Waals surface area (Å²) in [4.78, 5) is 0. The number of hydrogen-bond acceptors (Lipinski definition) is 3. The van der Waals surface area contributed by atoms with E-state index in [0.717, 1.165) is 0 Å². The topological polar surface area (TPSA) is 47.3 Å². The summed E-state index contributed by atoms with van der Waals surface area (Å²) in [6.45, 7) is 5.81. The first-order valence-electron chi connectivity index (χ1n) is 4.85. The number of aliphatic hydroxyl groups is 1. The zero-order valence-electron chi connectivity index (χ0n) is 9.49. The van der Waals surface area contributed by atoms with Crippen molar-refractivity contribution in [1.82, 2.24) is 9.78 Å². The van der Waals surface area contributed by atoms with E-state index in [2.05, 4.69) is 5.10 Å². The van der Waals surface area contributed by atoms with Crippen LogP contribution in [0.3, 0.4) is 0 Å². The normalized spacial score (nSPS) is 15.7. The van der Waals surface area contributed by atoms with Crippen LogP contribution in [-0.4, -0.2) is 28.6 Å². The van der Waals surface area contributed by atoms with Crippen molar-refractivity contribution in [2.24, 2.45) is 0 Å². The van der Waals surface area contributed by atoms with Crippen molar-refractivity contribution in [3.8, 4) is 0 Å². The maximum atomic E-state index is 10.2. The minimum atomic E-state index is -1.12. The van der Waals surface area contributed by atoms with E-state index in [1.807, 2.05) is 13.8 Å². The van der Waals surface area contributed by atoms with Crippen molar-refractivity contribution < 1.29 is 9.84 Å². The second-order valence-electron chi connectivity index (χ2n) is 4.09. The molecule has 0 aliphatic rings. The molecule has 0 aliphatic carbocycles. The van der Waals surface area contributed by atoms with Crippen LogP contribution in [0.4, 0.5) is 0 Å². The molecule has 0 fully saturated rings. The SMILES string of the molecule is COCC(C)(O)c1c(Cl)cnn1C(C)C. The Morgan fingerprint density at radius 2 is 2.27 bits per heavy atom. The maximum Gasteiger partial charge on any atom is 0.128 e. The molecule has 1 rings (SSSR count). The Morgan fingerprint density at radius 3 is 2.73 bits per heavy atom. The van der Waals surface area contributed by atoms with Gasteiger partial charge in [0.15, 0.2) is 0 Å². The fourth-order valence-corrected chi connectivity index (χ4v) is 1.92. The van der Waals surface area contributed by atoms with Crippen LogP contribution in [0.2, 0.25) is 5.02 Å². The zero-order chi connectivity index (χ0) is 11.6. The Hall–Kier alpha value is -0.580. The Balaban J connectivity index is 3.16. The minimum Gasteiger partial charge on any atom is -0.381 e. The molecule has 0 bridgehead atoms. The van der Waals surface area contributed by atoms with Crippen LogP contribution >= 0.6 is 11.6 Å². The molecule has 0 saturated carbocycles. The van der Waals surface area contributed by atoms with Gasteiger partial charge in [0.25, 0.3) is 0 Å². The molecule has 1 unspecified atom stereocenters. The third-order valence-electron chi connectivity index (χ3n) is 2.18. The van der Waals surface area contributed by atoms with Crippen LogP contribution < -0.4 is 0 Å². The summed E-state index contributed by atoms with van der Waals surface area (Å²) >= 11 is 6.01. The molecule has 1 aromatic heterocycles. The van der Waals surface area contributed by atoms with Crippen molar-refractivity contribution >= 4 is 11.6 Å². The first-order chi connectivity index (χ1) is 6.90. The highest BCUT2D eigenvalue weighted by molar-refractivity contribution is 6.31. The summed E-state index contributed by atoms with van der Waals surface area (Å²) in [5.41, 5.74) is -0.520. The molecule has 0 radical (unpaired) electrons. The van der Waals surface area contributed by atoms with Gasteiger partial charge < -0.3 is 9.84 Å². The number of ether oxygens (including phenoxy) is 1. The second kappa shape index (κ2) is 4.51. The van der Waals surface area contributed by atoms with Gasteiger partial charge in [0.05, 0.1) is 23.5 Å². The predicted octanol–water partition coefficient (Wildman–Crippen LogP) is 1.97. The van der Waals surface area contributed by atoms with Gasteiger partial charge in [-0.2, -0.15) is 5.10 Å². The monoisotopic (exact) mass is 232 g/mol. The molecule has 15 heavy (non-hydrogen) atoms. The molecule has 0 aliphatic heterocycles. The lowest BCUT2D eigenvalue weighted by atomic mass is 10.0. The fourth-order valence-electron chi connectivity index (χ4n) is 1.59. The van der Waals surface area contributed by atoms with E-state index in [1.165, 1.54) is 0 Å². The Bertz CT molecular complexity index is 334. The summed E-state index contributed by atoms with van der Waals surface area (Å²) in [6.07, 6.45) is 1.54. The predicted molar refractivity (Wildman–Crippen MR) is 59.1 cm³/mol. The largest absolute Gasteiger partial charge is 0.381 e. The first kappa shape index (κ1) is 12.5. The Kier molecular flexibility index (Phi) is 3.76. The van der Waals surface area contributed by atoms with Gasteiger partial charge >= 0.3 is 0 Å². The quantitative estimate of drug-likeness (QED) is 0.864. The van der Waals surface area contributed by atoms with Crippen molar-refractivity contribution in [2.75, 3.05) is 13.7 Å².